The van der Waals surface area contributed by atoms with Crippen LogP contribution in [-0.4, -0.2) is 38.1 Å². The van der Waals surface area contributed by atoms with Gasteiger partial charge in [-0.3, -0.25) is 4.79 Å². The van der Waals surface area contributed by atoms with Gasteiger partial charge in [-0.15, -0.1) is 0 Å². The van der Waals surface area contributed by atoms with Crippen molar-refractivity contribution >= 4 is 22.8 Å². The molecule has 3 rings (SSSR count). The quantitative estimate of drug-likeness (QED) is 0.703. The predicted octanol–water partition coefficient (Wildman–Crippen LogP) is 1.96. The largest absolute Gasteiger partial charge is 0.478 e. The molecule has 0 amide bonds. The van der Waals surface area contributed by atoms with E-state index in [1.54, 1.807) is 34.9 Å². The molecule has 0 saturated carbocycles. The first-order valence-corrected chi connectivity index (χ1v) is 7.06. The fourth-order valence-electron chi connectivity index (χ4n) is 2.56. The van der Waals surface area contributed by atoms with Crippen molar-refractivity contribution in [3.8, 4) is 0 Å². The molecule has 0 aliphatic carbocycles. The molecular weight excluding hydrogens is 296 g/mol. The van der Waals surface area contributed by atoms with Crippen LogP contribution in [0.4, 0.5) is 0 Å². The number of aromatic carboxylic acids is 1. The van der Waals surface area contributed by atoms with Crippen molar-refractivity contribution in [2.45, 2.75) is 6.54 Å². The van der Waals surface area contributed by atoms with Gasteiger partial charge in [0.25, 0.3) is 0 Å². The number of carboxylic acids is 1. The number of aliphatic hydroxyl groups is 1. The van der Waals surface area contributed by atoms with Crippen molar-refractivity contribution in [2.24, 2.45) is 0 Å². The lowest BCUT2D eigenvalue weighted by Gasteiger charge is -2.08. The number of fused-ring (bicyclic) bond motifs is 1. The Hall–Kier alpha value is -2.99. The number of hydrogen-bond donors (Lipinski definition) is 2. The molecule has 0 aliphatic rings. The zero-order valence-electron chi connectivity index (χ0n) is 12.1. The molecule has 2 aromatic carbocycles. The van der Waals surface area contributed by atoms with Crippen molar-refractivity contribution in [1.29, 1.82) is 0 Å². The molecular formula is C17H14N2O4. The Morgan fingerprint density at radius 1 is 1.00 bits per heavy atom. The number of imidazole rings is 1. The Labute approximate surface area is 131 Å². The maximum absolute atomic E-state index is 12.8. The summed E-state index contributed by atoms with van der Waals surface area (Å²) in [5.41, 5.74) is 1.35. The van der Waals surface area contributed by atoms with Crippen LogP contribution >= 0.6 is 0 Å². The van der Waals surface area contributed by atoms with Gasteiger partial charge < -0.3 is 14.8 Å². The Balaban J connectivity index is 2.19. The highest BCUT2D eigenvalue weighted by Crippen LogP contribution is 2.20. The van der Waals surface area contributed by atoms with E-state index >= 15 is 0 Å². The van der Waals surface area contributed by atoms with Crippen LogP contribution in [0, 0.1) is 0 Å². The molecule has 0 aliphatic heterocycles. The molecule has 2 N–H and O–H groups in total. The number of carbonyl (C=O) groups is 2. The van der Waals surface area contributed by atoms with Gasteiger partial charge >= 0.3 is 5.97 Å². The highest BCUT2D eigenvalue weighted by atomic mass is 16.4. The summed E-state index contributed by atoms with van der Waals surface area (Å²) in [4.78, 5) is 28.4. The third kappa shape index (κ3) is 2.60. The van der Waals surface area contributed by atoms with Gasteiger partial charge in [-0.25, -0.2) is 9.78 Å². The number of nitrogens with zero attached hydrogens (tertiary/aromatic N) is 2. The highest BCUT2D eigenvalue weighted by molar-refractivity contribution is 6.13. The molecule has 6 nitrogen and oxygen atoms in total. The summed E-state index contributed by atoms with van der Waals surface area (Å²) in [6.45, 7) is 0.0536. The number of carbonyl (C=O) groups excluding carboxylic acids is 1. The molecule has 1 aromatic heterocycles. The fraction of sp³-hybridized carbons (Fsp3) is 0.118. The number of aromatic nitrogens is 2. The van der Waals surface area contributed by atoms with Crippen molar-refractivity contribution < 1.29 is 19.8 Å². The summed E-state index contributed by atoms with van der Waals surface area (Å²) in [6, 6.07) is 13.2. The molecule has 6 heteroatoms. The van der Waals surface area contributed by atoms with Crippen molar-refractivity contribution in [3.63, 3.8) is 0 Å². The van der Waals surface area contributed by atoms with Crippen LogP contribution in [0.1, 0.15) is 26.5 Å². The fourth-order valence-corrected chi connectivity index (χ4v) is 2.56. The number of carboxylic acid groups (broad SMARTS) is 1. The van der Waals surface area contributed by atoms with Gasteiger partial charge in [-0.05, 0) is 18.2 Å². The van der Waals surface area contributed by atoms with Gasteiger partial charge in [0.1, 0.15) is 0 Å². The number of hydrogen-bond acceptors (Lipinski definition) is 4. The second kappa shape index (κ2) is 6.02. The Morgan fingerprint density at radius 3 is 2.35 bits per heavy atom. The van der Waals surface area contributed by atoms with Gasteiger partial charge in [-0.2, -0.15) is 0 Å². The first-order valence-electron chi connectivity index (χ1n) is 7.06. The minimum Gasteiger partial charge on any atom is -0.478 e. The maximum atomic E-state index is 12.8. The van der Waals surface area contributed by atoms with E-state index in [-0.39, 0.29) is 30.1 Å². The number of aliphatic hydroxyl groups excluding tert-OH is 1. The lowest BCUT2D eigenvalue weighted by molar-refractivity contribution is 0.0692. The van der Waals surface area contributed by atoms with Gasteiger partial charge in [-0.1, -0.05) is 30.3 Å². The van der Waals surface area contributed by atoms with Crippen LogP contribution in [0.15, 0.2) is 48.5 Å². The molecule has 116 valence electrons. The topological polar surface area (TPSA) is 92.4 Å². The second-order valence-corrected chi connectivity index (χ2v) is 4.98. The molecule has 0 spiro atoms. The van der Waals surface area contributed by atoms with Crippen LogP contribution in [0.25, 0.3) is 11.0 Å². The van der Waals surface area contributed by atoms with Crippen LogP contribution in [-0.2, 0) is 6.54 Å². The number of benzene rings is 2. The molecule has 0 bridgehead atoms. The van der Waals surface area contributed by atoms with Crippen LogP contribution in [0.5, 0.6) is 0 Å². The lowest BCUT2D eigenvalue weighted by Crippen LogP contribution is -2.16. The maximum Gasteiger partial charge on any atom is 0.336 e. The van der Waals surface area contributed by atoms with Crippen molar-refractivity contribution in [2.75, 3.05) is 6.61 Å². The first kappa shape index (κ1) is 14.9. The van der Waals surface area contributed by atoms with Gasteiger partial charge in [0, 0.05) is 12.1 Å². The van der Waals surface area contributed by atoms with Gasteiger partial charge in [0.15, 0.2) is 5.82 Å². The molecule has 0 saturated heterocycles. The normalized spacial score (nSPS) is 10.8. The van der Waals surface area contributed by atoms with E-state index in [9.17, 15) is 19.8 Å². The van der Waals surface area contributed by atoms with Crippen LogP contribution in [0.3, 0.4) is 0 Å². The molecule has 0 radical (unpaired) electrons. The van der Waals surface area contributed by atoms with Crippen molar-refractivity contribution in [1.82, 2.24) is 9.55 Å². The molecule has 0 unspecified atom stereocenters. The standard InChI is InChI=1S/C17H14N2O4/c20-10-9-19-14-8-4-3-7-13(14)18-16(19)15(21)11-5-1-2-6-12(11)17(22)23/h1-8,20H,9-10H2,(H,22,23). The molecule has 3 aromatic rings. The smallest absolute Gasteiger partial charge is 0.336 e. The van der Waals surface area contributed by atoms with Crippen molar-refractivity contribution in [3.05, 3.63) is 65.5 Å². The Kier molecular flexibility index (Phi) is 3.91. The van der Waals surface area contributed by atoms with E-state index in [0.29, 0.717) is 5.52 Å². The average Bonchev–Trinajstić information content (AvgIpc) is 2.93. The van der Waals surface area contributed by atoms with Crippen LogP contribution in [0.2, 0.25) is 0 Å². The van der Waals surface area contributed by atoms with Gasteiger partial charge in [0.2, 0.25) is 5.78 Å². The zero-order valence-corrected chi connectivity index (χ0v) is 12.1. The van der Waals surface area contributed by atoms with Crippen LogP contribution < -0.4 is 0 Å². The SMILES string of the molecule is O=C(O)c1ccccc1C(=O)c1nc2ccccc2n1CCO. The minimum atomic E-state index is -1.17. The summed E-state index contributed by atoms with van der Waals surface area (Å²) >= 11 is 0. The summed E-state index contributed by atoms with van der Waals surface area (Å²) in [5.74, 6) is -1.53. The van der Waals surface area contributed by atoms with E-state index < -0.39 is 11.8 Å². The predicted molar refractivity (Wildman–Crippen MR) is 83.7 cm³/mol. The van der Waals surface area contributed by atoms with E-state index in [1.807, 2.05) is 6.07 Å². The Morgan fingerprint density at radius 2 is 1.65 bits per heavy atom. The zero-order chi connectivity index (χ0) is 16.4. The second-order valence-electron chi connectivity index (χ2n) is 4.98. The summed E-state index contributed by atoms with van der Waals surface area (Å²) in [5, 5.41) is 18.5. The number of para-hydroxylation sites is 2. The first-order chi connectivity index (χ1) is 11.1. The van der Waals surface area contributed by atoms with E-state index in [1.165, 1.54) is 12.1 Å². The summed E-state index contributed by atoms with van der Waals surface area (Å²) in [7, 11) is 0. The van der Waals surface area contributed by atoms with E-state index in [0.717, 1.165) is 5.52 Å². The summed E-state index contributed by atoms with van der Waals surface area (Å²) < 4.78 is 1.61. The molecule has 0 atom stereocenters. The number of ketones is 1. The number of rotatable bonds is 5. The third-order valence-corrected chi connectivity index (χ3v) is 3.58. The van der Waals surface area contributed by atoms with E-state index in [4.69, 9.17) is 0 Å². The lowest BCUT2D eigenvalue weighted by atomic mass is 10.0. The van der Waals surface area contributed by atoms with Gasteiger partial charge in [0.05, 0.1) is 23.2 Å². The third-order valence-electron chi connectivity index (χ3n) is 3.58. The minimum absolute atomic E-state index is 0.0693. The highest BCUT2D eigenvalue weighted by Gasteiger charge is 2.23. The molecule has 1 heterocycles. The molecule has 0 fully saturated rings. The molecule has 23 heavy (non-hydrogen) atoms. The average molecular weight is 310 g/mol. The van der Waals surface area contributed by atoms with E-state index in [2.05, 4.69) is 4.98 Å². The summed E-state index contributed by atoms with van der Waals surface area (Å²) in [6.07, 6.45) is 0. The monoisotopic (exact) mass is 310 g/mol. The Bertz CT molecular complexity index is 898.